The van der Waals surface area contributed by atoms with Gasteiger partial charge in [-0.15, -0.1) is 0 Å². The highest BCUT2D eigenvalue weighted by Gasteiger charge is 2.29. The number of likely N-dealkylation sites (tertiary alicyclic amines) is 1. The summed E-state index contributed by atoms with van der Waals surface area (Å²) in [6.07, 6.45) is 3.38. The molecule has 1 aromatic carbocycles. The van der Waals surface area contributed by atoms with E-state index in [0.29, 0.717) is 41.0 Å². The molecule has 0 amide bonds. The van der Waals surface area contributed by atoms with Crippen molar-refractivity contribution < 1.29 is 4.74 Å². The van der Waals surface area contributed by atoms with Crippen LogP contribution in [-0.2, 0) is 11.3 Å². The summed E-state index contributed by atoms with van der Waals surface area (Å²) in [5.74, 6) is 1.33. The number of nitrogens with one attached hydrogen (secondary N) is 2. The van der Waals surface area contributed by atoms with E-state index in [-0.39, 0.29) is 5.41 Å². The molecule has 1 unspecified atom stereocenters. The van der Waals surface area contributed by atoms with Crippen molar-refractivity contribution in [2.24, 2.45) is 11.3 Å². The number of piperidine rings is 1. The maximum absolute atomic E-state index is 6.09. The smallest absolute Gasteiger partial charge is 0.179 e. The predicted molar refractivity (Wildman–Crippen MR) is 133 cm³/mol. The molecule has 6 heteroatoms. The third kappa shape index (κ3) is 9.34. The Morgan fingerprint density at radius 3 is 2.32 bits per heavy atom. The van der Waals surface area contributed by atoms with Crippen LogP contribution < -0.4 is 10.6 Å². The van der Waals surface area contributed by atoms with Crippen molar-refractivity contribution in [2.75, 3.05) is 26.2 Å². The fourth-order valence-corrected chi connectivity index (χ4v) is 4.51. The minimum atomic E-state index is 0.123. The van der Waals surface area contributed by atoms with Crippen LogP contribution in [0.1, 0.15) is 52.5 Å². The van der Waals surface area contributed by atoms with E-state index in [9.17, 15) is 0 Å². The van der Waals surface area contributed by atoms with E-state index >= 15 is 0 Å². The largest absolute Gasteiger partial charge is 0.480 e. The number of benzene rings is 1. The molecule has 31 heavy (non-hydrogen) atoms. The highest BCUT2D eigenvalue weighted by molar-refractivity contribution is 6.34. The van der Waals surface area contributed by atoms with Crippen LogP contribution in [0.4, 0.5) is 0 Å². The summed E-state index contributed by atoms with van der Waals surface area (Å²) in [6, 6.07) is 5.92. The fraction of sp³-hybridized carbons (Fsp3) is 0.600. The van der Waals surface area contributed by atoms with Crippen LogP contribution >= 0.6 is 23.2 Å². The first-order chi connectivity index (χ1) is 14.6. The number of hydrogen-bond donors (Lipinski definition) is 2. The number of nitrogens with zero attached hydrogens (tertiary/aromatic N) is 1. The Morgan fingerprint density at radius 2 is 1.77 bits per heavy atom. The quantitative estimate of drug-likeness (QED) is 0.379. The van der Waals surface area contributed by atoms with Gasteiger partial charge in [0.1, 0.15) is 0 Å². The molecule has 2 N–H and O–H groups in total. The number of ether oxygens (including phenoxy) is 1. The molecule has 0 bridgehead atoms. The Kier molecular flexibility index (Phi) is 10.1. The molecule has 1 aliphatic heterocycles. The molecule has 0 radical (unpaired) electrons. The second-order valence-corrected chi connectivity index (χ2v) is 10.5. The SMILES string of the molecule is C=C(CC1CCN(CC(NC(=C)OCC)C(C)(C)C)CC1)NCc1cc(Cl)cc(Cl)c1. The van der Waals surface area contributed by atoms with Crippen LogP contribution in [0.25, 0.3) is 0 Å². The molecule has 1 saturated heterocycles. The van der Waals surface area contributed by atoms with Crippen LogP contribution in [-0.4, -0.2) is 37.2 Å². The summed E-state index contributed by atoms with van der Waals surface area (Å²) in [6.45, 7) is 21.6. The summed E-state index contributed by atoms with van der Waals surface area (Å²) < 4.78 is 5.53. The predicted octanol–water partition coefficient (Wildman–Crippen LogP) is 6.21. The molecule has 0 aromatic heterocycles. The van der Waals surface area contributed by atoms with Crippen LogP contribution in [0.2, 0.25) is 10.0 Å². The lowest BCUT2D eigenvalue weighted by molar-refractivity contribution is 0.116. The van der Waals surface area contributed by atoms with Gasteiger partial charge in [-0.05, 0) is 81.0 Å². The Balaban J connectivity index is 1.76. The molecular formula is C25H39Cl2N3O. The second kappa shape index (κ2) is 12.0. The van der Waals surface area contributed by atoms with Crippen molar-refractivity contribution >= 4 is 23.2 Å². The molecule has 1 heterocycles. The Labute approximate surface area is 199 Å². The normalized spacial score (nSPS) is 16.6. The van der Waals surface area contributed by atoms with Crippen molar-refractivity contribution in [1.29, 1.82) is 0 Å². The van der Waals surface area contributed by atoms with Crippen LogP contribution in [0.3, 0.4) is 0 Å². The zero-order valence-corrected chi connectivity index (χ0v) is 21.1. The molecular weight excluding hydrogens is 429 g/mol. The van der Waals surface area contributed by atoms with E-state index in [1.54, 1.807) is 6.07 Å². The lowest BCUT2D eigenvalue weighted by atomic mass is 9.85. The van der Waals surface area contributed by atoms with Crippen molar-refractivity contribution in [1.82, 2.24) is 15.5 Å². The van der Waals surface area contributed by atoms with Crippen LogP contribution in [0.5, 0.6) is 0 Å². The first-order valence-corrected chi connectivity index (χ1v) is 12.0. The Hall–Kier alpha value is -1.36. The third-order valence-corrected chi connectivity index (χ3v) is 6.28. The van der Waals surface area contributed by atoms with Gasteiger partial charge in [-0.25, -0.2) is 0 Å². The van der Waals surface area contributed by atoms with Crippen molar-refractivity contribution in [3.8, 4) is 0 Å². The van der Waals surface area contributed by atoms with Gasteiger partial charge in [-0.3, -0.25) is 0 Å². The zero-order chi connectivity index (χ0) is 23.0. The highest BCUT2D eigenvalue weighted by atomic mass is 35.5. The first-order valence-electron chi connectivity index (χ1n) is 11.2. The maximum Gasteiger partial charge on any atom is 0.179 e. The van der Waals surface area contributed by atoms with Gasteiger partial charge in [0.25, 0.3) is 0 Å². The molecule has 174 valence electrons. The molecule has 0 aliphatic carbocycles. The average molecular weight is 469 g/mol. The van der Waals surface area contributed by atoms with Gasteiger partial charge < -0.3 is 20.3 Å². The number of rotatable bonds is 11. The summed E-state index contributed by atoms with van der Waals surface area (Å²) in [4.78, 5) is 2.56. The van der Waals surface area contributed by atoms with E-state index < -0.39 is 0 Å². The number of hydrogen-bond acceptors (Lipinski definition) is 4. The second-order valence-electron chi connectivity index (χ2n) is 9.60. The molecule has 1 aliphatic rings. The monoisotopic (exact) mass is 467 g/mol. The standard InChI is InChI=1S/C25H39Cl2N3O/c1-7-31-19(3)29-24(25(4,5)6)17-30-10-8-20(9-11-30)12-18(2)28-16-21-13-22(26)15-23(27)14-21/h13-15,20,24,28-29H,2-3,7-12,16-17H2,1,4-6H3. The number of halogens is 2. The molecule has 0 spiro atoms. The van der Waals surface area contributed by atoms with Gasteiger partial charge in [0.2, 0.25) is 0 Å². The van der Waals surface area contributed by atoms with Gasteiger partial charge in [0.15, 0.2) is 5.88 Å². The highest BCUT2D eigenvalue weighted by Crippen LogP contribution is 2.26. The van der Waals surface area contributed by atoms with Crippen LogP contribution in [0, 0.1) is 11.3 Å². The molecule has 0 saturated carbocycles. The van der Waals surface area contributed by atoms with Gasteiger partial charge in [-0.2, -0.15) is 0 Å². The zero-order valence-electron chi connectivity index (χ0n) is 19.6. The summed E-state index contributed by atoms with van der Waals surface area (Å²) >= 11 is 12.2. The lowest BCUT2D eigenvalue weighted by Gasteiger charge is -2.39. The molecule has 1 fully saturated rings. The van der Waals surface area contributed by atoms with Crippen molar-refractivity contribution in [3.63, 3.8) is 0 Å². The molecule has 1 aromatic rings. The number of allylic oxidation sites excluding steroid dienone is 1. The van der Waals surface area contributed by atoms with Crippen molar-refractivity contribution in [2.45, 2.75) is 59.5 Å². The van der Waals surface area contributed by atoms with Gasteiger partial charge in [0.05, 0.1) is 6.61 Å². The Morgan fingerprint density at radius 1 is 1.16 bits per heavy atom. The van der Waals surface area contributed by atoms with Crippen molar-refractivity contribution in [3.05, 3.63) is 58.5 Å². The molecule has 4 nitrogen and oxygen atoms in total. The van der Waals surface area contributed by atoms with E-state index in [1.165, 1.54) is 12.8 Å². The Bertz CT molecular complexity index is 717. The van der Waals surface area contributed by atoms with Gasteiger partial charge >= 0.3 is 0 Å². The summed E-state index contributed by atoms with van der Waals surface area (Å²) in [5.41, 5.74) is 2.28. The molecule has 2 rings (SSSR count). The minimum Gasteiger partial charge on any atom is -0.480 e. The van der Waals surface area contributed by atoms with Crippen LogP contribution in [0.15, 0.2) is 42.9 Å². The third-order valence-electron chi connectivity index (χ3n) is 5.85. The van der Waals surface area contributed by atoms with Gasteiger partial charge in [0, 0.05) is 34.9 Å². The summed E-state index contributed by atoms with van der Waals surface area (Å²) in [7, 11) is 0. The maximum atomic E-state index is 6.09. The topological polar surface area (TPSA) is 36.5 Å². The molecule has 1 atom stereocenters. The minimum absolute atomic E-state index is 0.123. The van der Waals surface area contributed by atoms with E-state index in [2.05, 4.69) is 49.5 Å². The average Bonchev–Trinajstić information content (AvgIpc) is 2.66. The van der Waals surface area contributed by atoms with E-state index in [4.69, 9.17) is 27.9 Å². The van der Waals surface area contributed by atoms with Gasteiger partial charge in [-0.1, -0.05) is 50.6 Å². The van der Waals surface area contributed by atoms with E-state index in [0.717, 1.165) is 37.3 Å². The summed E-state index contributed by atoms with van der Waals surface area (Å²) in [5, 5.41) is 8.25. The van der Waals surface area contributed by atoms with E-state index in [1.807, 2.05) is 19.1 Å². The lowest BCUT2D eigenvalue weighted by Crippen LogP contribution is -2.50. The first kappa shape index (κ1) is 25.9. The fourth-order valence-electron chi connectivity index (χ4n) is 3.94.